The lowest BCUT2D eigenvalue weighted by molar-refractivity contribution is 0.103. The fraction of sp³-hybridized carbons (Fsp3) is 0.450. The molecule has 1 aliphatic carbocycles. The van der Waals surface area contributed by atoms with Crippen LogP contribution in [-0.4, -0.2) is 49.1 Å². The highest BCUT2D eigenvalue weighted by Gasteiger charge is 2.25. The maximum atomic E-state index is 13.6. The van der Waals surface area contributed by atoms with Crippen molar-refractivity contribution in [1.82, 2.24) is 14.7 Å². The van der Waals surface area contributed by atoms with E-state index in [0.29, 0.717) is 12.8 Å². The summed E-state index contributed by atoms with van der Waals surface area (Å²) in [4.78, 5) is 21.1. The Bertz CT molecular complexity index is 1060. The van der Waals surface area contributed by atoms with E-state index in [1.807, 2.05) is 0 Å². The number of benzene rings is 1. The molecule has 9 nitrogen and oxygen atoms in total. The lowest BCUT2D eigenvalue weighted by atomic mass is 9.92. The summed E-state index contributed by atoms with van der Waals surface area (Å²) >= 11 is 0. The van der Waals surface area contributed by atoms with Gasteiger partial charge in [0.2, 0.25) is 21.8 Å². The van der Waals surface area contributed by atoms with Crippen LogP contribution in [0.15, 0.2) is 24.4 Å². The Hall–Kier alpha value is -2.79. The number of sulfonamides is 1. The number of halogens is 1. The summed E-state index contributed by atoms with van der Waals surface area (Å²) in [6, 6.07) is 3.64. The minimum Gasteiger partial charge on any atom is -0.496 e. The minimum absolute atomic E-state index is 0.0294. The van der Waals surface area contributed by atoms with Crippen LogP contribution in [0.25, 0.3) is 0 Å². The van der Waals surface area contributed by atoms with Crippen LogP contribution >= 0.6 is 0 Å². The summed E-state index contributed by atoms with van der Waals surface area (Å²) in [6.07, 6.45) is 4.17. The van der Waals surface area contributed by atoms with Gasteiger partial charge in [0.25, 0.3) is 0 Å². The molecule has 0 bridgehead atoms. The van der Waals surface area contributed by atoms with Gasteiger partial charge in [0.05, 0.1) is 24.0 Å². The van der Waals surface area contributed by atoms with Crippen molar-refractivity contribution in [3.63, 3.8) is 0 Å². The van der Waals surface area contributed by atoms with Crippen LogP contribution < -0.4 is 20.5 Å². The van der Waals surface area contributed by atoms with E-state index in [0.717, 1.165) is 18.9 Å². The summed E-state index contributed by atoms with van der Waals surface area (Å²) in [5.74, 6) is -0.576. The van der Waals surface area contributed by atoms with E-state index in [1.54, 1.807) is 6.92 Å². The third kappa shape index (κ3) is 5.67. The van der Waals surface area contributed by atoms with Crippen molar-refractivity contribution in [2.24, 2.45) is 0 Å². The molecule has 168 valence electrons. The summed E-state index contributed by atoms with van der Waals surface area (Å²) in [5.41, 5.74) is 6.06. The second-order valence-electron chi connectivity index (χ2n) is 7.38. The quantitative estimate of drug-likeness (QED) is 0.519. The molecule has 31 heavy (non-hydrogen) atoms. The summed E-state index contributed by atoms with van der Waals surface area (Å²) in [5, 5.41) is 3.18. The monoisotopic (exact) mass is 451 g/mol. The van der Waals surface area contributed by atoms with Gasteiger partial charge in [0.15, 0.2) is 0 Å². The maximum Gasteiger partial charge on any atom is 0.224 e. The number of nitrogens with one attached hydrogen (secondary N) is 2. The van der Waals surface area contributed by atoms with Crippen molar-refractivity contribution < 1.29 is 22.3 Å². The SMILES string of the molecule is CCS(=O)(=O)N[C@H]1CC[C@H](Nc2ncc(C(=O)c3cc(F)ccc3OC)c(N)n2)CC1. The van der Waals surface area contributed by atoms with Gasteiger partial charge in [-0.3, -0.25) is 4.79 Å². The molecule has 1 aromatic heterocycles. The van der Waals surface area contributed by atoms with Crippen molar-refractivity contribution in [2.45, 2.75) is 44.7 Å². The molecule has 0 unspecified atom stereocenters. The van der Waals surface area contributed by atoms with Crippen molar-refractivity contribution in [1.29, 1.82) is 0 Å². The van der Waals surface area contributed by atoms with E-state index in [4.69, 9.17) is 10.5 Å². The second kappa shape index (κ2) is 9.56. The zero-order chi connectivity index (χ0) is 22.6. The molecule has 2 aromatic rings. The fourth-order valence-corrected chi connectivity index (χ4v) is 4.43. The largest absolute Gasteiger partial charge is 0.496 e. The molecule has 1 fully saturated rings. The second-order valence-corrected chi connectivity index (χ2v) is 9.42. The summed E-state index contributed by atoms with van der Waals surface area (Å²) in [6.45, 7) is 1.61. The van der Waals surface area contributed by atoms with E-state index in [1.165, 1.54) is 25.4 Å². The highest BCUT2D eigenvalue weighted by atomic mass is 32.2. The van der Waals surface area contributed by atoms with Gasteiger partial charge >= 0.3 is 0 Å². The summed E-state index contributed by atoms with van der Waals surface area (Å²) in [7, 11) is -1.83. The molecule has 0 atom stereocenters. The zero-order valence-electron chi connectivity index (χ0n) is 17.4. The molecule has 4 N–H and O–H groups in total. The first-order chi connectivity index (χ1) is 14.7. The van der Waals surface area contributed by atoms with E-state index in [9.17, 15) is 17.6 Å². The van der Waals surface area contributed by atoms with Gasteiger partial charge in [-0.2, -0.15) is 4.98 Å². The summed E-state index contributed by atoms with van der Waals surface area (Å²) < 4.78 is 44.9. The molecule has 3 rings (SSSR count). The first-order valence-corrected chi connectivity index (χ1v) is 11.6. The number of carbonyl (C=O) groups is 1. The molecule has 0 spiro atoms. The molecule has 0 saturated heterocycles. The standard InChI is InChI=1S/C20H26FN5O4S/c1-3-31(28,29)26-14-7-5-13(6-8-14)24-20-23-11-16(19(22)25-20)18(27)15-10-12(21)4-9-17(15)30-2/h4,9-11,13-14,26H,3,5-8H2,1-2H3,(H3,22,23,24,25)/t13-,14-. The number of ketones is 1. The number of carbonyl (C=O) groups excluding carboxylic acids is 1. The number of nitrogen functional groups attached to an aromatic ring is 1. The number of rotatable bonds is 8. The predicted octanol–water partition coefficient (Wildman–Crippen LogP) is 2.10. The number of methoxy groups -OCH3 is 1. The zero-order valence-corrected chi connectivity index (χ0v) is 18.2. The van der Waals surface area contributed by atoms with Crippen molar-refractivity contribution in [2.75, 3.05) is 23.9 Å². The topological polar surface area (TPSA) is 136 Å². The smallest absolute Gasteiger partial charge is 0.224 e. The highest BCUT2D eigenvalue weighted by Crippen LogP contribution is 2.26. The van der Waals surface area contributed by atoms with Crippen molar-refractivity contribution in [3.05, 3.63) is 41.3 Å². The Morgan fingerprint density at radius 3 is 2.52 bits per heavy atom. The molecule has 0 amide bonds. The van der Waals surface area contributed by atoms with Gasteiger partial charge in [-0.25, -0.2) is 22.5 Å². The lowest BCUT2D eigenvalue weighted by Gasteiger charge is -2.29. The van der Waals surface area contributed by atoms with Crippen molar-refractivity contribution in [3.8, 4) is 5.75 Å². The maximum absolute atomic E-state index is 13.6. The average molecular weight is 452 g/mol. The number of anilines is 2. The molecular weight excluding hydrogens is 425 g/mol. The van der Waals surface area contributed by atoms with Crippen LogP contribution in [0.5, 0.6) is 5.75 Å². The van der Waals surface area contributed by atoms with Gasteiger partial charge in [-0.05, 0) is 50.8 Å². The number of nitrogens with two attached hydrogens (primary N) is 1. The molecule has 0 aliphatic heterocycles. The van der Waals surface area contributed by atoms with Crippen LogP contribution in [0, 0.1) is 5.82 Å². The Balaban J connectivity index is 1.66. The molecule has 11 heteroatoms. The molecule has 1 saturated carbocycles. The Morgan fingerprint density at radius 2 is 1.90 bits per heavy atom. The minimum atomic E-state index is -3.22. The molecule has 1 aliphatic rings. The third-order valence-corrected chi connectivity index (χ3v) is 6.71. The average Bonchev–Trinajstić information content (AvgIpc) is 2.74. The van der Waals surface area contributed by atoms with Gasteiger partial charge < -0.3 is 15.8 Å². The number of hydrogen-bond acceptors (Lipinski definition) is 8. The van der Waals surface area contributed by atoms with Gasteiger partial charge in [-0.1, -0.05) is 0 Å². The number of ether oxygens (including phenoxy) is 1. The number of aromatic nitrogens is 2. The van der Waals surface area contributed by atoms with Gasteiger partial charge in [0, 0.05) is 18.3 Å². The van der Waals surface area contributed by atoms with Gasteiger partial charge in [-0.15, -0.1) is 0 Å². The molecular formula is C20H26FN5O4S. The number of hydrogen-bond donors (Lipinski definition) is 3. The van der Waals surface area contributed by atoms with Crippen LogP contribution in [0.1, 0.15) is 48.5 Å². The fourth-order valence-electron chi connectivity index (χ4n) is 3.52. The third-order valence-electron chi connectivity index (χ3n) is 5.26. The van der Waals surface area contributed by atoms with E-state index < -0.39 is 21.6 Å². The molecule has 0 radical (unpaired) electrons. The van der Waals surface area contributed by atoms with Crippen LogP contribution in [0.2, 0.25) is 0 Å². The Morgan fingerprint density at radius 1 is 1.23 bits per heavy atom. The first kappa shape index (κ1) is 22.9. The Labute approximate surface area is 180 Å². The van der Waals surface area contributed by atoms with Crippen LogP contribution in [0.3, 0.4) is 0 Å². The Kier molecular flexibility index (Phi) is 7.06. The first-order valence-electron chi connectivity index (χ1n) is 9.99. The predicted molar refractivity (Wildman–Crippen MR) is 115 cm³/mol. The van der Waals surface area contributed by atoms with Crippen molar-refractivity contribution >= 4 is 27.6 Å². The molecule has 1 aromatic carbocycles. The lowest BCUT2D eigenvalue weighted by Crippen LogP contribution is -2.40. The highest BCUT2D eigenvalue weighted by molar-refractivity contribution is 7.89. The van der Waals surface area contributed by atoms with E-state index in [-0.39, 0.29) is 46.5 Å². The van der Waals surface area contributed by atoms with E-state index >= 15 is 0 Å². The van der Waals surface area contributed by atoms with Crippen LogP contribution in [0.4, 0.5) is 16.2 Å². The van der Waals surface area contributed by atoms with Crippen LogP contribution in [-0.2, 0) is 10.0 Å². The van der Waals surface area contributed by atoms with Gasteiger partial charge in [0.1, 0.15) is 17.4 Å². The molecule has 1 heterocycles. The normalized spacial score (nSPS) is 19.1. The number of nitrogens with zero attached hydrogens (tertiary/aromatic N) is 2. The van der Waals surface area contributed by atoms with E-state index in [2.05, 4.69) is 20.0 Å².